The average Bonchev–Trinajstić information content (AvgIpc) is 2.58. The fraction of sp³-hybridized carbons (Fsp3) is 0.353. The maximum Gasteiger partial charge on any atom is 0.331 e. The Morgan fingerprint density at radius 2 is 1.79 bits per heavy atom. The van der Waals surface area contributed by atoms with Gasteiger partial charge in [-0.2, -0.15) is 0 Å². The van der Waals surface area contributed by atoms with E-state index in [4.69, 9.17) is 0 Å². The molecule has 2 rings (SSSR count). The Labute approximate surface area is 153 Å². The summed E-state index contributed by atoms with van der Waals surface area (Å²) in [6.07, 6.45) is 1.48. The number of aromatic nitrogens is 2. The van der Waals surface area contributed by atoms with Crippen LogP contribution >= 0.6 is 22.6 Å². The summed E-state index contributed by atoms with van der Waals surface area (Å²) in [5.74, 6) is -0.247. The highest BCUT2D eigenvalue weighted by Gasteiger charge is 2.22. The molecule has 0 fully saturated rings. The molecule has 0 aliphatic rings. The van der Waals surface area contributed by atoms with Gasteiger partial charge in [-0.25, -0.2) is 4.79 Å². The molecule has 128 valence electrons. The number of hydrogen-bond donors (Lipinski definition) is 0. The third-order valence-corrected chi connectivity index (χ3v) is 4.77. The van der Waals surface area contributed by atoms with Crippen molar-refractivity contribution in [2.75, 3.05) is 11.4 Å². The lowest BCUT2D eigenvalue weighted by Crippen LogP contribution is -2.44. The van der Waals surface area contributed by atoms with Crippen LogP contribution in [0.15, 0.2) is 40.1 Å². The molecule has 6 nitrogen and oxygen atoms in total. The number of benzene rings is 1. The van der Waals surface area contributed by atoms with Gasteiger partial charge in [0.25, 0.3) is 11.5 Å². The van der Waals surface area contributed by atoms with Gasteiger partial charge in [-0.05, 0) is 55.5 Å². The molecule has 1 aromatic heterocycles. The average molecular weight is 441 g/mol. The Bertz CT molecular complexity index is 870. The Morgan fingerprint density at radius 1 is 1.12 bits per heavy atom. The molecule has 2 aromatic rings. The molecule has 0 aliphatic carbocycles. The molecular formula is C17H20IN3O3. The van der Waals surface area contributed by atoms with Crippen LogP contribution in [0.3, 0.4) is 0 Å². The van der Waals surface area contributed by atoms with E-state index in [0.29, 0.717) is 18.7 Å². The van der Waals surface area contributed by atoms with Crippen LogP contribution in [0.25, 0.3) is 0 Å². The molecule has 1 amide bonds. The molecule has 1 heterocycles. The van der Waals surface area contributed by atoms with Crippen molar-refractivity contribution < 1.29 is 4.79 Å². The standard InChI is InChI=1S/C17H20IN3O3/c1-4-19-11-14(16(23)21(6-3)17(19)24)20(5-2)15(22)12-9-7-8-10-13(12)18/h7-11H,4-6H2,1-3H3. The summed E-state index contributed by atoms with van der Waals surface area (Å²) in [6, 6.07) is 7.23. The first-order valence-electron chi connectivity index (χ1n) is 7.86. The lowest BCUT2D eigenvalue weighted by atomic mass is 10.2. The Hall–Kier alpha value is -1.90. The summed E-state index contributed by atoms with van der Waals surface area (Å²) in [6.45, 7) is 6.41. The zero-order valence-corrected chi connectivity index (χ0v) is 16.1. The first-order valence-corrected chi connectivity index (χ1v) is 8.94. The Balaban J connectivity index is 2.64. The SMILES string of the molecule is CCN(C(=O)c1ccccc1I)c1cn(CC)c(=O)n(CC)c1=O. The fourth-order valence-electron chi connectivity index (χ4n) is 2.53. The largest absolute Gasteiger partial charge is 0.331 e. The summed E-state index contributed by atoms with van der Waals surface area (Å²) >= 11 is 2.10. The molecule has 0 spiro atoms. The van der Waals surface area contributed by atoms with Crippen LogP contribution in [0.4, 0.5) is 5.69 Å². The Kier molecular flexibility index (Phi) is 5.98. The van der Waals surface area contributed by atoms with Gasteiger partial charge in [-0.15, -0.1) is 0 Å². The van der Waals surface area contributed by atoms with Crippen LogP contribution < -0.4 is 16.1 Å². The molecule has 1 aromatic carbocycles. The van der Waals surface area contributed by atoms with Crippen LogP contribution in [0, 0.1) is 3.57 Å². The number of aryl methyl sites for hydroxylation is 1. The minimum atomic E-state index is -0.437. The molecule has 0 atom stereocenters. The zero-order valence-electron chi connectivity index (χ0n) is 14.0. The van der Waals surface area contributed by atoms with Gasteiger partial charge in [0.15, 0.2) is 0 Å². The fourth-order valence-corrected chi connectivity index (χ4v) is 3.15. The highest BCUT2D eigenvalue weighted by Crippen LogP contribution is 2.17. The predicted molar refractivity (Wildman–Crippen MR) is 103 cm³/mol. The van der Waals surface area contributed by atoms with Gasteiger partial charge >= 0.3 is 5.69 Å². The van der Waals surface area contributed by atoms with E-state index in [9.17, 15) is 14.4 Å². The highest BCUT2D eigenvalue weighted by molar-refractivity contribution is 14.1. The van der Waals surface area contributed by atoms with E-state index in [1.807, 2.05) is 26.0 Å². The second kappa shape index (κ2) is 7.78. The van der Waals surface area contributed by atoms with E-state index in [2.05, 4.69) is 22.6 Å². The van der Waals surface area contributed by atoms with Crippen molar-refractivity contribution >= 4 is 34.2 Å². The lowest BCUT2D eigenvalue weighted by molar-refractivity contribution is 0.0987. The van der Waals surface area contributed by atoms with Crippen LogP contribution in [-0.4, -0.2) is 21.6 Å². The third-order valence-electron chi connectivity index (χ3n) is 3.83. The smallest absolute Gasteiger partial charge is 0.302 e. The minimum absolute atomic E-state index is 0.227. The van der Waals surface area contributed by atoms with Gasteiger partial charge in [0.2, 0.25) is 0 Å². The van der Waals surface area contributed by atoms with Gasteiger partial charge in [0.05, 0.1) is 5.56 Å². The molecule has 0 saturated heterocycles. The van der Waals surface area contributed by atoms with Gasteiger partial charge in [0, 0.05) is 29.4 Å². The van der Waals surface area contributed by atoms with Crippen molar-refractivity contribution in [1.82, 2.24) is 9.13 Å². The molecule has 0 saturated carbocycles. The minimum Gasteiger partial charge on any atom is -0.302 e. The second-order valence-electron chi connectivity index (χ2n) is 5.16. The van der Waals surface area contributed by atoms with Crippen molar-refractivity contribution in [2.24, 2.45) is 0 Å². The topological polar surface area (TPSA) is 64.3 Å². The number of anilines is 1. The van der Waals surface area contributed by atoms with Crippen molar-refractivity contribution in [3.63, 3.8) is 0 Å². The number of amides is 1. The quantitative estimate of drug-likeness (QED) is 0.670. The molecule has 0 bridgehead atoms. The van der Waals surface area contributed by atoms with E-state index in [-0.39, 0.29) is 23.8 Å². The molecular weight excluding hydrogens is 421 g/mol. The summed E-state index contributed by atoms with van der Waals surface area (Å²) < 4.78 is 3.43. The summed E-state index contributed by atoms with van der Waals surface area (Å²) in [4.78, 5) is 39.2. The van der Waals surface area contributed by atoms with Crippen LogP contribution in [0.5, 0.6) is 0 Å². The van der Waals surface area contributed by atoms with Crippen molar-refractivity contribution in [3.8, 4) is 0 Å². The van der Waals surface area contributed by atoms with Gasteiger partial charge in [-0.3, -0.25) is 18.7 Å². The second-order valence-corrected chi connectivity index (χ2v) is 6.32. The molecule has 0 unspecified atom stereocenters. The number of halogens is 1. The third kappa shape index (κ3) is 3.31. The van der Waals surface area contributed by atoms with Crippen LogP contribution in [-0.2, 0) is 13.1 Å². The number of nitrogens with zero attached hydrogens (tertiary/aromatic N) is 3. The molecule has 7 heteroatoms. The maximum absolute atomic E-state index is 12.9. The van der Waals surface area contributed by atoms with E-state index in [1.54, 1.807) is 19.1 Å². The highest BCUT2D eigenvalue weighted by atomic mass is 127. The van der Waals surface area contributed by atoms with Gasteiger partial charge in [-0.1, -0.05) is 12.1 Å². The predicted octanol–water partition coefficient (Wildman–Crippen LogP) is 2.32. The number of hydrogen-bond acceptors (Lipinski definition) is 3. The molecule has 0 radical (unpaired) electrons. The van der Waals surface area contributed by atoms with E-state index >= 15 is 0 Å². The van der Waals surface area contributed by atoms with Crippen LogP contribution in [0.2, 0.25) is 0 Å². The molecule has 0 aliphatic heterocycles. The van der Waals surface area contributed by atoms with Crippen molar-refractivity contribution in [1.29, 1.82) is 0 Å². The number of rotatable bonds is 5. The lowest BCUT2D eigenvalue weighted by Gasteiger charge is -2.22. The normalized spacial score (nSPS) is 10.7. The van der Waals surface area contributed by atoms with Crippen molar-refractivity contribution in [3.05, 3.63) is 60.4 Å². The summed E-state index contributed by atoms with van der Waals surface area (Å²) in [7, 11) is 0. The maximum atomic E-state index is 12.9. The Morgan fingerprint density at radius 3 is 2.33 bits per heavy atom. The van der Waals surface area contributed by atoms with Gasteiger partial charge < -0.3 is 4.90 Å². The number of carbonyl (C=O) groups is 1. The first-order chi connectivity index (χ1) is 11.5. The molecule has 0 N–H and O–H groups in total. The summed E-state index contributed by atoms with van der Waals surface area (Å²) in [5, 5.41) is 0. The summed E-state index contributed by atoms with van der Waals surface area (Å²) in [5.41, 5.74) is -0.0259. The zero-order chi connectivity index (χ0) is 17.9. The van der Waals surface area contributed by atoms with E-state index in [1.165, 1.54) is 15.7 Å². The molecule has 24 heavy (non-hydrogen) atoms. The van der Waals surface area contributed by atoms with E-state index < -0.39 is 5.56 Å². The van der Waals surface area contributed by atoms with E-state index in [0.717, 1.165) is 8.14 Å². The monoisotopic (exact) mass is 441 g/mol. The van der Waals surface area contributed by atoms with Crippen LogP contribution in [0.1, 0.15) is 31.1 Å². The van der Waals surface area contributed by atoms with Crippen molar-refractivity contribution in [2.45, 2.75) is 33.9 Å². The van der Waals surface area contributed by atoms with Gasteiger partial charge in [0.1, 0.15) is 5.69 Å². The number of carbonyl (C=O) groups excluding carboxylic acids is 1. The first kappa shape index (κ1) is 18.4.